The number of para-hydroxylation sites is 1. The van der Waals surface area contributed by atoms with Crippen molar-refractivity contribution < 1.29 is 4.79 Å². The number of amides is 1. The van der Waals surface area contributed by atoms with Crippen LogP contribution in [-0.4, -0.2) is 22.0 Å². The van der Waals surface area contributed by atoms with E-state index in [4.69, 9.17) is 0 Å². The summed E-state index contributed by atoms with van der Waals surface area (Å²) < 4.78 is 2.14. The molecular weight excluding hydrogens is 334 g/mol. The van der Waals surface area contributed by atoms with Crippen molar-refractivity contribution in [1.29, 1.82) is 0 Å². The maximum absolute atomic E-state index is 12.8. The van der Waals surface area contributed by atoms with Crippen LogP contribution in [0, 0.1) is 0 Å². The Morgan fingerprint density at radius 3 is 2.52 bits per heavy atom. The highest BCUT2D eigenvalue weighted by Crippen LogP contribution is 2.22. The van der Waals surface area contributed by atoms with E-state index in [1.54, 1.807) is 6.20 Å². The highest BCUT2D eigenvalue weighted by atomic mass is 16.1. The summed E-state index contributed by atoms with van der Waals surface area (Å²) in [5, 5.41) is 4.00. The van der Waals surface area contributed by atoms with Gasteiger partial charge in [-0.1, -0.05) is 54.6 Å². The number of carbonyl (C=O) groups excluding carboxylic acids is 1. The zero-order valence-corrected chi connectivity index (χ0v) is 15.0. The Morgan fingerprint density at radius 1 is 0.926 bits per heavy atom. The first-order valence-corrected chi connectivity index (χ1v) is 9.11. The monoisotopic (exact) mass is 355 g/mol. The van der Waals surface area contributed by atoms with E-state index >= 15 is 0 Å². The van der Waals surface area contributed by atoms with Gasteiger partial charge in [0.25, 0.3) is 5.91 Å². The third-order valence-electron chi connectivity index (χ3n) is 4.62. The second kappa shape index (κ2) is 7.87. The molecule has 4 nitrogen and oxygen atoms in total. The predicted octanol–water partition coefficient (Wildman–Crippen LogP) is 4.06. The Hall–Kier alpha value is -3.40. The van der Waals surface area contributed by atoms with Crippen molar-refractivity contribution in [2.75, 3.05) is 6.54 Å². The Bertz CT molecular complexity index is 1040. The lowest BCUT2D eigenvalue weighted by Gasteiger charge is -2.05. The second-order valence-corrected chi connectivity index (χ2v) is 6.50. The second-order valence-electron chi connectivity index (χ2n) is 6.50. The number of pyridine rings is 1. The molecule has 0 aliphatic rings. The van der Waals surface area contributed by atoms with E-state index in [1.165, 1.54) is 5.56 Å². The lowest BCUT2D eigenvalue weighted by Crippen LogP contribution is -2.25. The van der Waals surface area contributed by atoms with E-state index in [9.17, 15) is 4.79 Å². The third kappa shape index (κ3) is 3.90. The summed E-state index contributed by atoms with van der Waals surface area (Å²) in [6.07, 6.45) is 4.44. The molecule has 0 aliphatic carbocycles. The van der Waals surface area contributed by atoms with Gasteiger partial charge in [0.2, 0.25) is 0 Å². The molecule has 2 aromatic heterocycles. The molecule has 0 atom stereocenters. The van der Waals surface area contributed by atoms with Gasteiger partial charge in [-0.2, -0.15) is 0 Å². The number of nitrogens with zero attached hydrogens (tertiary/aromatic N) is 2. The first-order valence-electron chi connectivity index (χ1n) is 9.11. The Morgan fingerprint density at radius 2 is 1.70 bits per heavy atom. The SMILES string of the molecule is O=C(NCCc1ccccn1)c1cn(Cc2ccccc2)c2ccccc12. The van der Waals surface area contributed by atoms with Crippen molar-refractivity contribution in [3.63, 3.8) is 0 Å². The van der Waals surface area contributed by atoms with Crippen molar-refractivity contribution in [1.82, 2.24) is 14.9 Å². The van der Waals surface area contributed by atoms with Gasteiger partial charge in [-0.3, -0.25) is 9.78 Å². The lowest BCUT2D eigenvalue weighted by atomic mass is 10.1. The van der Waals surface area contributed by atoms with Crippen molar-refractivity contribution in [3.8, 4) is 0 Å². The number of fused-ring (bicyclic) bond motifs is 1. The normalized spacial score (nSPS) is 10.8. The molecule has 0 aliphatic heterocycles. The maximum atomic E-state index is 12.8. The van der Waals surface area contributed by atoms with Crippen LogP contribution in [0.25, 0.3) is 10.9 Å². The Balaban J connectivity index is 1.53. The zero-order valence-electron chi connectivity index (χ0n) is 15.0. The summed E-state index contributed by atoms with van der Waals surface area (Å²) in [7, 11) is 0. The van der Waals surface area contributed by atoms with Crippen LogP contribution in [0.2, 0.25) is 0 Å². The van der Waals surface area contributed by atoms with Crippen LogP contribution < -0.4 is 5.32 Å². The van der Waals surface area contributed by atoms with Crippen molar-refractivity contribution in [3.05, 3.63) is 102 Å². The fourth-order valence-electron chi connectivity index (χ4n) is 3.28. The molecule has 0 saturated carbocycles. The molecular formula is C23H21N3O. The van der Waals surface area contributed by atoms with Gasteiger partial charge >= 0.3 is 0 Å². The van der Waals surface area contributed by atoms with Crippen LogP contribution in [0.15, 0.2) is 85.2 Å². The first-order chi connectivity index (χ1) is 13.3. The number of benzene rings is 2. The summed E-state index contributed by atoms with van der Waals surface area (Å²) in [5.74, 6) is -0.0473. The molecule has 2 heterocycles. The molecule has 134 valence electrons. The molecule has 1 amide bonds. The molecule has 2 aromatic carbocycles. The van der Waals surface area contributed by atoms with Gasteiger partial charge in [0, 0.05) is 48.5 Å². The molecule has 0 bridgehead atoms. The highest BCUT2D eigenvalue weighted by molar-refractivity contribution is 6.07. The van der Waals surface area contributed by atoms with E-state index in [0.717, 1.165) is 29.6 Å². The first kappa shape index (κ1) is 17.0. The fourth-order valence-corrected chi connectivity index (χ4v) is 3.28. The van der Waals surface area contributed by atoms with Crippen LogP contribution >= 0.6 is 0 Å². The Kier molecular flexibility index (Phi) is 4.97. The zero-order chi connectivity index (χ0) is 18.5. The van der Waals surface area contributed by atoms with E-state index in [-0.39, 0.29) is 5.91 Å². The summed E-state index contributed by atoms with van der Waals surface area (Å²) in [5.41, 5.74) is 3.96. The molecule has 4 heteroatoms. The Labute approximate surface area is 158 Å². The maximum Gasteiger partial charge on any atom is 0.253 e. The third-order valence-corrected chi connectivity index (χ3v) is 4.62. The largest absolute Gasteiger partial charge is 0.352 e. The predicted molar refractivity (Wildman–Crippen MR) is 108 cm³/mol. The average Bonchev–Trinajstić information content (AvgIpc) is 3.08. The lowest BCUT2D eigenvalue weighted by molar-refractivity contribution is 0.0955. The van der Waals surface area contributed by atoms with Gasteiger partial charge < -0.3 is 9.88 Å². The number of hydrogen-bond acceptors (Lipinski definition) is 2. The minimum atomic E-state index is -0.0473. The number of nitrogens with one attached hydrogen (secondary N) is 1. The van der Waals surface area contributed by atoms with Gasteiger partial charge in [0.05, 0.1) is 5.56 Å². The molecule has 0 fully saturated rings. The number of rotatable bonds is 6. The minimum absolute atomic E-state index is 0.0473. The van der Waals surface area contributed by atoms with Crippen LogP contribution in [0.3, 0.4) is 0 Å². The van der Waals surface area contributed by atoms with Gasteiger partial charge in [0.1, 0.15) is 0 Å². The molecule has 27 heavy (non-hydrogen) atoms. The van der Waals surface area contributed by atoms with E-state index in [0.29, 0.717) is 12.1 Å². The summed E-state index contributed by atoms with van der Waals surface area (Å²) >= 11 is 0. The van der Waals surface area contributed by atoms with Gasteiger partial charge in [-0.25, -0.2) is 0 Å². The summed E-state index contributed by atoms with van der Waals surface area (Å²) in [6, 6.07) is 24.1. The highest BCUT2D eigenvalue weighted by Gasteiger charge is 2.14. The quantitative estimate of drug-likeness (QED) is 0.567. The minimum Gasteiger partial charge on any atom is -0.352 e. The number of aromatic nitrogens is 2. The summed E-state index contributed by atoms with van der Waals surface area (Å²) in [4.78, 5) is 17.1. The van der Waals surface area contributed by atoms with Gasteiger partial charge in [-0.15, -0.1) is 0 Å². The molecule has 1 N–H and O–H groups in total. The van der Waals surface area contributed by atoms with E-state index < -0.39 is 0 Å². The van der Waals surface area contributed by atoms with E-state index in [1.807, 2.05) is 60.8 Å². The van der Waals surface area contributed by atoms with Crippen LogP contribution in [-0.2, 0) is 13.0 Å². The molecule has 4 aromatic rings. The topological polar surface area (TPSA) is 46.9 Å². The van der Waals surface area contributed by atoms with Crippen molar-refractivity contribution in [2.24, 2.45) is 0 Å². The molecule has 0 spiro atoms. The standard InChI is InChI=1S/C23H21N3O/c27-23(25-15-13-19-10-6-7-14-24-19)21-17-26(16-18-8-2-1-3-9-18)22-12-5-4-11-20(21)22/h1-12,14,17H,13,15-16H2,(H,25,27). The fraction of sp³-hybridized carbons (Fsp3) is 0.130. The molecule has 0 saturated heterocycles. The number of hydrogen-bond donors (Lipinski definition) is 1. The molecule has 0 unspecified atom stereocenters. The number of carbonyl (C=O) groups is 1. The van der Waals surface area contributed by atoms with Crippen molar-refractivity contribution >= 4 is 16.8 Å². The van der Waals surface area contributed by atoms with Crippen LogP contribution in [0.1, 0.15) is 21.6 Å². The molecule has 0 radical (unpaired) electrons. The van der Waals surface area contributed by atoms with Gasteiger partial charge in [-0.05, 0) is 23.8 Å². The molecule has 4 rings (SSSR count). The van der Waals surface area contributed by atoms with Crippen LogP contribution in [0.5, 0.6) is 0 Å². The van der Waals surface area contributed by atoms with Crippen LogP contribution in [0.4, 0.5) is 0 Å². The van der Waals surface area contributed by atoms with E-state index in [2.05, 4.69) is 33.1 Å². The van der Waals surface area contributed by atoms with Crippen molar-refractivity contribution in [2.45, 2.75) is 13.0 Å². The van der Waals surface area contributed by atoms with Gasteiger partial charge in [0.15, 0.2) is 0 Å². The average molecular weight is 355 g/mol. The summed E-state index contributed by atoms with van der Waals surface area (Å²) in [6.45, 7) is 1.30. The smallest absolute Gasteiger partial charge is 0.253 e.